The molecular formula is C21H26FNO3. The number of piperidine rings is 1. The number of nitrogens with zero attached hydrogens (tertiary/aromatic N) is 1. The SMILES string of the molecule is CCOC(=O)[C@]1(Cc2ccccc2F)CCCN(C(=O)C2=CCCC2)C1. The van der Waals surface area contributed by atoms with E-state index < -0.39 is 5.41 Å². The Morgan fingerprint density at radius 3 is 2.77 bits per heavy atom. The van der Waals surface area contributed by atoms with E-state index in [9.17, 15) is 14.0 Å². The molecule has 0 radical (unpaired) electrons. The zero-order valence-electron chi connectivity index (χ0n) is 15.3. The van der Waals surface area contributed by atoms with Crippen molar-refractivity contribution in [2.45, 2.75) is 45.4 Å². The summed E-state index contributed by atoms with van der Waals surface area (Å²) in [6, 6.07) is 6.52. The Kier molecular flexibility index (Phi) is 5.74. The van der Waals surface area contributed by atoms with Gasteiger partial charge in [0.25, 0.3) is 0 Å². The monoisotopic (exact) mass is 359 g/mol. The van der Waals surface area contributed by atoms with Gasteiger partial charge < -0.3 is 9.64 Å². The zero-order valence-corrected chi connectivity index (χ0v) is 15.3. The number of hydrogen-bond acceptors (Lipinski definition) is 3. The molecule has 5 heteroatoms. The summed E-state index contributed by atoms with van der Waals surface area (Å²) in [6.07, 6.45) is 6.31. The van der Waals surface area contributed by atoms with Crippen LogP contribution in [-0.4, -0.2) is 36.5 Å². The van der Waals surface area contributed by atoms with Gasteiger partial charge in [0, 0.05) is 18.7 Å². The van der Waals surface area contributed by atoms with Crippen LogP contribution in [0.15, 0.2) is 35.9 Å². The van der Waals surface area contributed by atoms with Gasteiger partial charge in [0.1, 0.15) is 5.82 Å². The molecule has 3 rings (SSSR count). The molecule has 1 amide bonds. The second kappa shape index (κ2) is 8.02. The maximum atomic E-state index is 14.2. The van der Waals surface area contributed by atoms with Gasteiger partial charge in [-0.15, -0.1) is 0 Å². The highest BCUT2D eigenvalue weighted by atomic mass is 19.1. The number of amides is 1. The molecule has 1 aromatic rings. The van der Waals surface area contributed by atoms with E-state index in [0.717, 1.165) is 24.8 Å². The number of rotatable bonds is 5. The number of likely N-dealkylation sites (tertiary alicyclic amines) is 1. The van der Waals surface area contributed by atoms with Crippen molar-refractivity contribution in [3.05, 3.63) is 47.3 Å². The Morgan fingerprint density at radius 1 is 1.27 bits per heavy atom. The molecule has 0 spiro atoms. The summed E-state index contributed by atoms with van der Waals surface area (Å²) >= 11 is 0. The minimum absolute atomic E-state index is 0.0180. The summed E-state index contributed by atoms with van der Waals surface area (Å²) in [7, 11) is 0. The van der Waals surface area contributed by atoms with Crippen LogP contribution in [0.25, 0.3) is 0 Å². The largest absolute Gasteiger partial charge is 0.466 e. The van der Waals surface area contributed by atoms with Crippen LogP contribution in [0.5, 0.6) is 0 Å². The highest BCUT2D eigenvalue weighted by Gasteiger charge is 2.45. The second-order valence-electron chi connectivity index (χ2n) is 7.22. The number of hydrogen-bond donors (Lipinski definition) is 0. The van der Waals surface area contributed by atoms with Crippen molar-refractivity contribution in [3.63, 3.8) is 0 Å². The molecule has 1 aliphatic carbocycles. The third kappa shape index (κ3) is 3.81. The van der Waals surface area contributed by atoms with Gasteiger partial charge in [-0.25, -0.2) is 4.39 Å². The zero-order chi connectivity index (χ0) is 18.6. The lowest BCUT2D eigenvalue weighted by atomic mass is 9.74. The van der Waals surface area contributed by atoms with Crippen molar-refractivity contribution in [1.29, 1.82) is 0 Å². The molecule has 0 unspecified atom stereocenters. The van der Waals surface area contributed by atoms with Gasteiger partial charge in [-0.1, -0.05) is 24.3 Å². The van der Waals surface area contributed by atoms with Gasteiger partial charge in [0.05, 0.1) is 12.0 Å². The third-order valence-electron chi connectivity index (χ3n) is 5.37. The van der Waals surface area contributed by atoms with Crippen LogP contribution < -0.4 is 0 Å². The normalized spacial score (nSPS) is 22.8. The van der Waals surface area contributed by atoms with Crippen molar-refractivity contribution in [2.24, 2.45) is 5.41 Å². The van der Waals surface area contributed by atoms with Crippen molar-refractivity contribution >= 4 is 11.9 Å². The van der Waals surface area contributed by atoms with Crippen molar-refractivity contribution in [1.82, 2.24) is 4.90 Å². The molecule has 2 aliphatic rings. The van der Waals surface area contributed by atoms with Crippen molar-refractivity contribution in [2.75, 3.05) is 19.7 Å². The van der Waals surface area contributed by atoms with E-state index in [0.29, 0.717) is 24.9 Å². The summed E-state index contributed by atoms with van der Waals surface area (Å²) < 4.78 is 19.6. The van der Waals surface area contributed by atoms with E-state index in [1.165, 1.54) is 6.07 Å². The lowest BCUT2D eigenvalue weighted by Gasteiger charge is -2.41. The second-order valence-corrected chi connectivity index (χ2v) is 7.22. The average Bonchev–Trinajstić information content (AvgIpc) is 3.18. The summed E-state index contributed by atoms with van der Waals surface area (Å²) in [5.74, 6) is -0.635. The Labute approximate surface area is 154 Å². The van der Waals surface area contributed by atoms with Gasteiger partial charge in [-0.05, 0) is 57.1 Å². The standard InChI is InChI=1S/C21H26FNO3/c1-2-26-20(25)21(14-17-10-5-6-11-18(17)22)12-7-13-23(15-21)19(24)16-8-3-4-9-16/h5-6,8,10-11H,2-4,7,9,12-15H2,1H3/t21-/m0/s1. The van der Waals surface area contributed by atoms with E-state index in [4.69, 9.17) is 4.74 Å². The van der Waals surface area contributed by atoms with Gasteiger partial charge in [0.15, 0.2) is 0 Å². The number of allylic oxidation sites excluding steroid dienone is 1. The molecule has 26 heavy (non-hydrogen) atoms. The molecule has 1 aromatic carbocycles. The van der Waals surface area contributed by atoms with E-state index in [-0.39, 0.29) is 37.3 Å². The molecule has 1 atom stereocenters. The van der Waals surface area contributed by atoms with E-state index >= 15 is 0 Å². The minimum atomic E-state index is -0.884. The van der Waals surface area contributed by atoms with Crippen LogP contribution in [-0.2, 0) is 20.7 Å². The lowest BCUT2D eigenvalue weighted by molar-refractivity contribution is -0.160. The molecule has 0 N–H and O–H groups in total. The maximum absolute atomic E-state index is 14.2. The fraction of sp³-hybridized carbons (Fsp3) is 0.524. The number of esters is 1. The van der Waals surface area contributed by atoms with Crippen LogP contribution in [0.2, 0.25) is 0 Å². The summed E-state index contributed by atoms with van der Waals surface area (Å²) in [6.45, 7) is 2.96. The molecule has 1 heterocycles. The summed E-state index contributed by atoms with van der Waals surface area (Å²) in [4.78, 5) is 27.4. The Balaban J connectivity index is 1.86. The lowest BCUT2D eigenvalue weighted by Crippen LogP contribution is -2.52. The maximum Gasteiger partial charge on any atom is 0.314 e. The first-order valence-corrected chi connectivity index (χ1v) is 9.45. The third-order valence-corrected chi connectivity index (χ3v) is 5.37. The molecular weight excluding hydrogens is 333 g/mol. The average molecular weight is 359 g/mol. The molecule has 140 valence electrons. The fourth-order valence-electron chi connectivity index (χ4n) is 4.05. The van der Waals surface area contributed by atoms with Crippen LogP contribution in [0.3, 0.4) is 0 Å². The Hall–Kier alpha value is -2.17. The molecule has 0 saturated carbocycles. The molecule has 1 saturated heterocycles. The highest BCUT2D eigenvalue weighted by molar-refractivity contribution is 5.94. The van der Waals surface area contributed by atoms with Gasteiger partial charge in [0.2, 0.25) is 5.91 Å². The first-order chi connectivity index (χ1) is 12.6. The molecule has 4 nitrogen and oxygen atoms in total. The minimum Gasteiger partial charge on any atom is -0.466 e. The fourth-order valence-corrected chi connectivity index (χ4v) is 4.05. The predicted octanol–water partition coefficient (Wildman–Crippen LogP) is 3.65. The quantitative estimate of drug-likeness (QED) is 0.754. The number of carbonyl (C=O) groups excluding carboxylic acids is 2. The summed E-state index contributed by atoms with van der Waals surface area (Å²) in [5, 5.41) is 0. The van der Waals surface area contributed by atoms with E-state index in [1.54, 1.807) is 30.0 Å². The molecule has 1 fully saturated rings. The molecule has 0 bridgehead atoms. The number of ether oxygens (including phenoxy) is 1. The topological polar surface area (TPSA) is 46.6 Å². The van der Waals surface area contributed by atoms with E-state index in [1.807, 2.05) is 6.08 Å². The van der Waals surface area contributed by atoms with Gasteiger partial charge in [-0.2, -0.15) is 0 Å². The first-order valence-electron chi connectivity index (χ1n) is 9.45. The predicted molar refractivity (Wildman–Crippen MR) is 96.9 cm³/mol. The molecule has 1 aliphatic heterocycles. The van der Waals surface area contributed by atoms with Crippen LogP contribution in [0.1, 0.15) is 44.6 Å². The van der Waals surface area contributed by atoms with Crippen LogP contribution in [0.4, 0.5) is 4.39 Å². The van der Waals surface area contributed by atoms with Crippen molar-refractivity contribution in [3.8, 4) is 0 Å². The number of halogens is 1. The van der Waals surface area contributed by atoms with E-state index in [2.05, 4.69) is 0 Å². The first kappa shape index (κ1) is 18.6. The van der Waals surface area contributed by atoms with Crippen molar-refractivity contribution < 1.29 is 18.7 Å². The summed E-state index contributed by atoms with van der Waals surface area (Å²) in [5.41, 5.74) is 0.455. The number of carbonyl (C=O) groups is 2. The van der Waals surface area contributed by atoms with Crippen LogP contribution >= 0.6 is 0 Å². The highest BCUT2D eigenvalue weighted by Crippen LogP contribution is 2.37. The number of benzene rings is 1. The smallest absolute Gasteiger partial charge is 0.314 e. The van der Waals surface area contributed by atoms with Gasteiger partial charge in [-0.3, -0.25) is 9.59 Å². The Bertz CT molecular complexity index is 715. The Morgan fingerprint density at radius 2 is 2.08 bits per heavy atom. The molecule has 0 aromatic heterocycles. The van der Waals surface area contributed by atoms with Gasteiger partial charge >= 0.3 is 5.97 Å². The van der Waals surface area contributed by atoms with Crippen LogP contribution in [0, 0.1) is 11.2 Å².